The van der Waals surface area contributed by atoms with Gasteiger partial charge in [-0.3, -0.25) is 19.5 Å². The first-order valence-corrected chi connectivity index (χ1v) is 10.8. The van der Waals surface area contributed by atoms with Gasteiger partial charge in [-0.2, -0.15) is 0 Å². The lowest BCUT2D eigenvalue weighted by Crippen LogP contribution is -2.23. The zero-order valence-corrected chi connectivity index (χ0v) is 17.7. The van der Waals surface area contributed by atoms with Crippen LogP contribution in [-0.4, -0.2) is 35.5 Å². The fraction of sp³-hybridized carbons (Fsp3) is 0.120. The summed E-state index contributed by atoms with van der Waals surface area (Å²) in [4.78, 5) is 34.4. The van der Waals surface area contributed by atoms with Crippen molar-refractivity contribution in [2.45, 2.75) is 19.5 Å². The number of amides is 2. The second-order valence-corrected chi connectivity index (χ2v) is 8.02. The first kappa shape index (κ1) is 19.2. The van der Waals surface area contributed by atoms with Crippen molar-refractivity contribution >= 4 is 45.0 Å². The Hall–Kier alpha value is -4.46. The standard InChI is InChI=1S/C25H20N6O2/c32-24-22(23(25(33)28-24)31-16-27-19-7-2-4-9-21(19)31)18-14-30(20-8-3-1-6-17(18)20)12-5-11-29-13-10-26-15-29/h1-4,6-10,13-16H,5,11-12H2,(H,28,32,33). The van der Waals surface area contributed by atoms with Crippen LogP contribution < -0.4 is 5.32 Å². The predicted octanol–water partition coefficient (Wildman–Crippen LogP) is 3.30. The molecule has 8 nitrogen and oxygen atoms in total. The van der Waals surface area contributed by atoms with Crippen LogP contribution in [0, 0.1) is 0 Å². The van der Waals surface area contributed by atoms with Crippen LogP contribution in [0.1, 0.15) is 12.0 Å². The number of aryl methyl sites for hydroxylation is 2. The number of benzene rings is 2. The number of rotatable bonds is 6. The van der Waals surface area contributed by atoms with E-state index in [9.17, 15) is 9.59 Å². The summed E-state index contributed by atoms with van der Waals surface area (Å²) in [5, 5.41) is 3.42. The fourth-order valence-corrected chi connectivity index (χ4v) is 4.54. The van der Waals surface area contributed by atoms with Crippen molar-refractivity contribution in [2.75, 3.05) is 0 Å². The van der Waals surface area contributed by atoms with Crippen LogP contribution in [0.3, 0.4) is 0 Å². The minimum atomic E-state index is -0.421. The minimum absolute atomic E-state index is 0.301. The average Bonchev–Trinajstić information content (AvgIpc) is 3.60. The molecule has 1 aliphatic rings. The summed E-state index contributed by atoms with van der Waals surface area (Å²) in [6.07, 6.45) is 10.00. The molecule has 0 atom stereocenters. The van der Waals surface area contributed by atoms with Gasteiger partial charge in [-0.1, -0.05) is 30.3 Å². The average molecular weight is 436 g/mol. The van der Waals surface area contributed by atoms with Crippen molar-refractivity contribution in [2.24, 2.45) is 0 Å². The Morgan fingerprint density at radius 3 is 2.55 bits per heavy atom. The lowest BCUT2D eigenvalue weighted by Gasteiger charge is -2.06. The molecule has 33 heavy (non-hydrogen) atoms. The lowest BCUT2D eigenvalue weighted by atomic mass is 10.0. The summed E-state index contributed by atoms with van der Waals surface area (Å²) in [6, 6.07) is 15.5. The molecule has 0 aliphatic carbocycles. The highest BCUT2D eigenvalue weighted by atomic mass is 16.2. The molecule has 0 saturated heterocycles. The van der Waals surface area contributed by atoms with Crippen molar-refractivity contribution in [1.82, 2.24) is 29.0 Å². The molecule has 6 rings (SSSR count). The Morgan fingerprint density at radius 2 is 1.70 bits per heavy atom. The van der Waals surface area contributed by atoms with Gasteiger partial charge in [-0.05, 0) is 24.6 Å². The van der Waals surface area contributed by atoms with Gasteiger partial charge in [-0.15, -0.1) is 0 Å². The molecule has 2 aromatic carbocycles. The topological polar surface area (TPSA) is 86.7 Å². The molecule has 4 heterocycles. The van der Waals surface area contributed by atoms with E-state index in [-0.39, 0.29) is 0 Å². The molecule has 0 spiro atoms. The van der Waals surface area contributed by atoms with Crippen LogP contribution in [0.15, 0.2) is 79.8 Å². The van der Waals surface area contributed by atoms with E-state index in [0.717, 1.165) is 47.0 Å². The van der Waals surface area contributed by atoms with Crippen LogP contribution in [0.5, 0.6) is 0 Å². The molecule has 0 unspecified atom stereocenters. The maximum Gasteiger partial charge on any atom is 0.276 e. The number of carbonyl (C=O) groups is 2. The van der Waals surface area contributed by atoms with Crippen molar-refractivity contribution in [1.29, 1.82) is 0 Å². The SMILES string of the molecule is O=C1NC(=O)C(n2cnc3ccccc32)=C1c1cn(CCCn2ccnc2)c2ccccc12. The Kier molecular flexibility index (Phi) is 4.43. The van der Waals surface area contributed by atoms with E-state index >= 15 is 0 Å². The van der Waals surface area contributed by atoms with E-state index in [1.807, 2.05) is 65.5 Å². The lowest BCUT2D eigenvalue weighted by molar-refractivity contribution is -0.122. The van der Waals surface area contributed by atoms with E-state index in [2.05, 4.69) is 19.9 Å². The molecule has 1 aliphatic heterocycles. The number of imide groups is 1. The van der Waals surface area contributed by atoms with Crippen LogP contribution in [0.4, 0.5) is 0 Å². The maximum absolute atomic E-state index is 13.0. The van der Waals surface area contributed by atoms with Gasteiger partial charge in [0.2, 0.25) is 0 Å². The summed E-state index contributed by atoms with van der Waals surface area (Å²) in [5.74, 6) is -0.816. The number of hydrogen-bond acceptors (Lipinski definition) is 4. The third-order valence-corrected chi connectivity index (χ3v) is 6.03. The van der Waals surface area contributed by atoms with Crippen molar-refractivity contribution in [3.8, 4) is 0 Å². The van der Waals surface area contributed by atoms with E-state index in [0.29, 0.717) is 11.3 Å². The van der Waals surface area contributed by atoms with Crippen molar-refractivity contribution < 1.29 is 9.59 Å². The second-order valence-electron chi connectivity index (χ2n) is 8.02. The molecule has 8 heteroatoms. The zero-order chi connectivity index (χ0) is 22.4. The molecule has 1 N–H and O–H groups in total. The maximum atomic E-state index is 13.0. The predicted molar refractivity (Wildman–Crippen MR) is 125 cm³/mol. The van der Waals surface area contributed by atoms with Crippen LogP contribution in [0.2, 0.25) is 0 Å². The first-order valence-electron chi connectivity index (χ1n) is 10.8. The number of carbonyl (C=O) groups excluding carboxylic acids is 2. The molecule has 5 aromatic rings. The Balaban J connectivity index is 1.48. The number of hydrogen-bond donors (Lipinski definition) is 1. The normalized spacial score (nSPS) is 14.1. The summed E-state index contributed by atoms with van der Waals surface area (Å²) in [5.41, 5.74) is 3.97. The Morgan fingerprint density at radius 1 is 0.879 bits per heavy atom. The number of nitrogens with zero attached hydrogens (tertiary/aromatic N) is 5. The molecular formula is C25H20N6O2. The molecule has 2 amide bonds. The smallest absolute Gasteiger partial charge is 0.276 e. The monoisotopic (exact) mass is 436 g/mol. The second kappa shape index (κ2) is 7.59. The molecule has 0 radical (unpaired) electrons. The highest BCUT2D eigenvalue weighted by Gasteiger charge is 2.35. The number of fused-ring (bicyclic) bond motifs is 2. The van der Waals surface area contributed by atoms with Gasteiger partial charge in [0.05, 0.1) is 22.9 Å². The largest absolute Gasteiger partial charge is 0.347 e. The van der Waals surface area contributed by atoms with Gasteiger partial charge >= 0.3 is 0 Å². The quantitative estimate of drug-likeness (QED) is 0.414. The van der Waals surface area contributed by atoms with Gasteiger partial charge in [-0.25, -0.2) is 9.97 Å². The molecule has 0 bridgehead atoms. The molecule has 0 saturated carbocycles. The van der Waals surface area contributed by atoms with E-state index in [4.69, 9.17) is 0 Å². The van der Waals surface area contributed by atoms with E-state index < -0.39 is 11.8 Å². The molecule has 162 valence electrons. The molecule has 3 aromatic heterocycles. The van der Waals surface area contributed by atoms with Gasteiger partial charge < -0.3 is 9.13 Å². The summed E-state index contributed by atoms with van der Waals surface area (Å²) < 4.78 is 5.89. The van der Waals surface area contributed by atoms with Gasteiger partial charge in [0.25, 0.3) is 11.8 Å². The highest BCUT2D eigenvalue weighted by Crippen LogP contribution is 2.35. The fourth-order valence-electron chi connectivity index (χ4n) is 4.54. The van der Waals surface area contributed by atoms with Gasteiger partial charge in [0.15, 0.2) is 0 Å². The molecular weight excluding hydrogens is 416 g/mol. The van der Waals surface area contributed by atoms with Crippen molar-refractivity contribution in [3.63, 3.8) is 0 Å². The Bertz CT molecular complexity index is 1550. The summed E-state index contributed by atoms with van der Waals surface area (Å²) in [7, 11) is 0. The summed E-state index contributed by atoms with van der Waals surface area (Å²) in [6.45, 7) is 1.61. The third-order valence-electron chi connectivity index (χ3n) is 6.03. The molecule has 0 fully saturated rings. The third kappa shape index (κ3) is 3.15. The number of nitrogens with one attached hydrogen (secondary N) is 1. The summed E-state index contributed by atoms with van der Waals surface area (Å²) >= 11 is 0. The number of para-hydroxylation sites is 3. The number of aromatic nitrogens is 5. The zero-order valence-electron chi connectivity index (χ0n) is 17.7. The Labute approximate surface area is 188 Å². The highest BCUT2D eigenvalue weighted by molar-refractivity contribution is 6.47. The minimum Gasteiger partial charge on any atom is -0.347 e. The van der Waals surface area contributed by atoms with Crippen LogP contribution >= 0.6 is 0 Å². The van der Waals surface area contributed by atoms with Gasteiger partial charge in [0, 0.05) is 48.1 Å². The van der Waals surface area contributed by atoms with Gasteiger partial charge in [0.1, 0.15) is 12.0 Å². The van der Waals surface area contributed by atoms with Crippen LogP contribution in [0.25, 0.3) is 33.2 Å². The van der Waals surface area contributed by atoms with E-state index in [1.54, 1.807) is 23.4 Å². The number of imidazole rings is 2. The van der Waals surface area contributed by atoms with Crippen LogP contribution in [-0.2, 0) is 22.7 Å². The van der Waals surface area contributed by atoms with Crippen molar-refractivity contribution in [3.05, 3.63) is 85.3 Å². The first-order chi connectivity index (χ1) is 16.2. The van der Waals surface area contributed by atoms with E-state index in [1.165, 1.54) is 0 Å².